The Kier molecular flexibility index (Phi) is 5.00. The van der Waals surface area contributed by atoms with Gasteiger partial charge >= 0.3 is 0 Å². The van der Waals surface area contributed by atoms with Crippen LogP contribution in [0.1, 0.15) is 6.42 Å². The second-order valence-corrected chi connectivity index (χ2v) is 7.19. The maximum atomic E-state index is 12.4. The molecule has 9 heteroatoms. The number of amides is 1. The number of rotatable bonds is 6. The summed E-state index contributed by atoms with van der Waals surface area (Å²) >= 11 is 2.48. The van der Waals surface area contributed by atoms with Crippen LogP contribution < -0.4 is 5.32 Å². The van der Waals surface area contributed by atoms with E-state index in [0.717, 1.165) is 33.4 Å². The van der Waals surface area contributed by atoms with Gasteiger partial charge in [0.15, 0.2) is 5.16 Å². The number of benzene rings is 2. The van der Waals surface area contributed by atoms with Gasteiger partial charge in [0.1, 0.15) is 11.0 Å². The van der Waals surface area contributed by atoms with E-state index in [0.29, 0.717) is 24.2 Å². The van der Waals surface area contributed by atoms with Gasteiger partial charge in [-0.05, 0) is 24.3 Å². The molecule has 0 spiro atoms. The van der Waals surface area contributed by atoms with Crippen LogP contribution in [0.25, 0.3) is 22.1 Å². The Morgan fingerprint density at radius 3 is 2.93 bits per heavy atom. The normalized spacial score (nSPS) is 10.9. The molecule has 0 aliphatic heterocycles. The summed E-state index contributed by atoms with van der Waals surface area (Å²) in [7, 11) is 0. The number of hydrogen-bond acceptors (Lipinski definition) is 7. The number of para-hydroxylation sites is 2. The number of carbonyl (C=O) groups is 1. The predicted octanol–water partition coefficient (Wildman–Crippen LogP) is 3.69. The molecule has 2 aromatic heterocycles. The Morgan fingerprint density at radius 2 is 2.04 bits per heavy atom. The van der Waals surface area contributed by atoms with E-state index in [2.05, 4.69) is 25.1 Å². The summed E-state index contributed by atoms with van der Waals surface area (Å²) < 4.78 is 10.4. The number of fused-ring (bicyclic) bond motifs is 2. The summed E-state index contributed by atoms with van der Waals surface area (Å²) in [5.41, 5.74) is 3.95. The van der Waals surface area contributed by atoms with Crippen molar-refractivity contribution in [3.63, 3.8) is 0 Å². The molecule has 1 amide bonds. The molecule has 0 aliphatic rings. The van der Waals surface area contributed by atoms with Crippen LogP contribution in [0, 0.1) is 11.3 Å². The van der Waals surface area contributed by atoms with Crippen molar-refractivity contribution in [1.29, 1.82) is 5.26 Å². The number of hydrogen-bond donors (Lipinski definition) is 1. The van der Waals surface area contributed by atoms with Crippen LogP contribution in [0.2, 0.25) is 0 Å². The van der Waals surface area contributed by atoms with Crippen LogP contribution in [0.4, 0.5) is 5.69 Å². The predicted molar refractivity (Wildman–Crippen MR) is 107 cm³/mol. The van der Waals surface area contributed by atoms with Gasteiger partial charge in [-0.2, -0.15) is 14.0 Å². The monoisotopic (exact) mass is 394 g/mol. The average molecular weight is 394 g/mol. The van der Waals surface area contributed by atoms with E-state index in [-0.39, 0.29) is 11.7 Å². The van der Waals surface area contributed by atoms with Gasteiger partial charge in [-0.3, -0.25) is 4.79 Å². The Labute approximate surface area is 163 Å². The summed E-state index contributed by atoms with van der Waals surface area (Å²) in [5.74, 6) is 0.0727. The molecule has 134 valence electrons. The van der Waals surface area contributed by atoms with Crippen molar-refractivity contribution in [2.75, 3.05) is 11.1 Å². The third kappa shape index (κ3) is 3.63. The van der Waals surface area contributed by atoms with Gasteiger partial charge in [0, 0.05) is 6.54 Å². The minimum atomic E-state index is -0.139. The Bertz CT molecular complexity index is 1160. The smallest absolute Gasteiger partial charge is 0.234 e. The van der Waals surface area contributed by atoms with Crippen LogP contribution >= 0.6 is 23.5 Å². The highest BCUT2D eigenvalue weighted by atomic mass is 32.2. The van der Waals surface area contributed by atoms with Crippen molar-refractivity contribution in [2.45, 2.75) is 18.1 Å². The van der Waals surface area contributed by atoms with Crippen molar-refractivity contribution in [3.8, 4) is 6.07 Å². The van der Waals surface area contributed by atoms with Crippen LogP contribution in [0.3, 0.4) is 0 Å². The third-order valence-electron chi connectivity index (χ3n) is 3.96. The molecule has 0 aliphatic carbocycles. The molecule has 0 bridgehead atoms. The van der Waals surface area contributed by atoms with Gasteiger partial charge in [0.05, 0.1) is 46.7 Å². The zero-order chi connectivity index (χ0) is 18.6. The molecule has 0 saturated carbocycles. The van der Waals surface area contributed by atoms with E-state index in [1.54, 1.807) is 0 Å². The van der Waals surface area contributed by atoms with Crippen molar-refractivity contribution >= 4 is 57.2 Å². The van der Waals surface area contributed by atoms with Gasteiger partial charge in [0.25, 0.3) is 0 Å². The fourth-order valence-electron chi connectivity index (χ4n) is 2.76. The summed E-state index contributed by atoms with van der Waals surface area (Å²) in [4.78, 5) is 17.0. The van der Waals surface area contributed by atoms with Crippen LogP contribution in [-0.4, -0.2) is 30.0 Å². The summed E-state index contributed by atoms with van der Waals surface area (Å²) in [6, 6.07) is 15.4. The van der Waals surface area contributed by atoms with Crippen molar-refractivity contribution in [2.24, 2.45) is 0 Å². The number of thioether (sulfide) groups is 1. The van der Waals surface area contributed by atoms with Gasteiger partial charge < -0.3 is 9.88 Å². The number of aromatic nitrogens is 4. The lowest BCUT2D eigenvalue weighted by molar-refractivity contribution is -0.113. The maximum Gasteiger partial charge on any atom is 0.234 e. The first-order valence-corrected chi connectivity index (χ1v) is 9.94. The second-order valence-electron chi connectivity index (χ2n) is 5.72. The highest BCUT2D eigenvalue weighted by Gasteiger charge is 2.14. The number of nitriles is 1. The summed E-state index contributed by atoms with van der Waals surface area (Å²) in [5, 5.41) is 12.5. The van der Waals surface area contributed by atoms with Gasteiger partial charge in [0.2, 0.25) is 5.91 Å². The van der Waals surface area contributed by atoms with E-state index in [1.165, 1.54) is 11.8 Å². The van der Waals surface area contributed by atoms with Crippen molar-refractivity contribution < 1.29 is 4.79 Å². The number of aryl methyl sites for hydroxylation is 1. The molecule has 2 aromatic carbocycles. The second kappa shape index (κ2) is 7.73. The molecule has 0 fully saturated rings. The number of carbonyl (C=O) groups excluding carboxylic acids is 1. The molecular formula is C18H14N6OS2. The average Bonchev–Trinajstić information content (AvgIpc) is 3.30. The molecule has 7 nitrogen and oxygen atoms in total. The lowest BCUT2D eigenvalue weighted by Gasteiger charge is -2.07. The number of nitrogens with zero attached hydrogens (tertiary/aromatic N) is 5. The molecule has 4 aromatic rings. The first-order valence-electron chi connectivity index (χ1n) is 8.22. The van der Waals surface area contributed by atoms with Crippen molar-refractivity contribution in [1.82, 2.24) is 18.3 Å². The minimum Gasteiger partial charge on any atom is -0.323 e. The van der Waals surface area contributed by atoms with Crippen LogP contribution in [-0.2, 0) is 11.3 Å². The molecule has 1 N–H and O–H groups in total. The molecule has 0 radical (unpaired) electrons. The fourth-order valence-corrected chi connectivity index (χ4v) is 4.16. The van der Waals surface area contributed by atoms with Crippen molar-refractivity contribution in [3.05, 3.63) is 42.5 Å². The van der Waals surface area contributed by atoms with E-state index >= 15 is 0 Å². The van der Waals surface area contributed by atoms with E-state index in [1.807, 2.05) is 47.0 Å². The molecule has 2 heterocycles. The number of nitrogens with one attached hydrogen (secondary N) is 1. The van der Waals surface area contributed by atoms with Crippen LogP contribution in [0.5, 0.6) is 0 Å². The Balaban J connectivity index is 1.50. The maximum absolute atomic E-state index is 12.4. The SMILES string of the molecule is N#CCCn1c(SCC(=O)Nc2cccc3nsnc23)nc2ccccc21. The Morgan fingerprint density at radius 1 is 1.19 bits per heavy atom. The number of anilines is 1. The topological polar surface area (TPSA) is 96.5 Å². The van der Waals surface area contributed by atoms with Gasteiger partial charge in [-0.15, -0.1) is 0 Å². The quantitative estimate of drug-likeness (QED) is 0.501. The molecule has 27 heavy (non-hydrogen) atoms. The summed E-state index contributed by atoms with van der Waals surface area (Å²) in [6.07, 6.45) is 0.388. The fraction of sp³-hybridized carbons (Fsp3) is 0.167. The van der Waals surface area contributed by atoms with E-state index in [4.69, 9.17) is 5.26 Å². The Hall–Kier alpha value is -2.96. The lowest BCUT2D eigenvalue weighted by atomic mass is 10.2. The van der Waals surface area contributed by atoms with Gasteiger partial charge in [-0.1, -0.05) is 30.0 Å². The lowest BCUT2D eigenvalue weighted by Crippen LogP contribution is -2.15. The van der Waals surface area contributed by atoms with E-state index in [9.17, 15) is 4.79 Å². The zero-order valence-corrected chi connectivity index (χ0v) is 15.8. The minimum absolute atomic E-state index is 0.139. The first-order chi connectivity index (χ1) is 13.3. The zero-order valence-electron chi connectivity index (χ0n) is 14.1. The van der Waals surface area contributed by atoms with Gasteiger partial charge in [-0.25, -0.2) is 4.98 Å². The highest BCUT2D eigenvalue weighted by molar-refractivity contribution is 7.99. The molecule has 0 atom stereocenters. The number of imidazole rings is 1. The van der Waals surface area contributed by atoms with Crippen LogP contribution in [0.15, 0.2) is 47.6 Å². The standard InChI is InChI=1S/C18H14N6OS2/c19-9-4-10-24-15-8-2-1-5-12(15)21-18(24)26-11-16(25)20-13-6-3-7-14-17(13)23-27-22-14/h1-3,5-8H,4,10-11H2,(H,20,25). The first kappa shape index (κ1) is 17.5. The largest absolute Gasteiger partial charge is 0.323 e. The molecular weight excluding hydrogens is 380 g/mol. The molecule has 0 saturated heterocycles. The highest BCUT2D eigenvalue weighted by Crippen LogP contribution is 2.25. The molecule has 0 unspecified atom stereocenters. The summed E-state index contributed by atoms with van der Waals surface area (Å²) in [6.45, 7) is 0.546. The molecule has 4 rings (SSSR count). The third-order valence-corrected chi connectivity index (χ3v) is 5.48. The van der Waals surface area contributed by atoms with E-state index < -0.39 is 0 Å².